The Kier molecular flexibility index (Phi) is 2.90. The summed E-state index contributed by atoms with van der Waals surface area (Å²) in [5, 5.41) is 18.4. The Hall–Kier alpha value is -2.59. The number of aryl methyl sites for hydroxylation is 1. The zero-order chi connectivity index (χ0) is 16.2. The maximum Gasteiger partial charge on any atom is 0.261 e. The molecule has 1 amide bonds. The molecule has 1 aromatic carbocycles. The lowest BCUT2D eigenvalue weighted by molar-refractivity contribution is -0.114. The maximum atomic E-state index is 12.9. The van der Waals surface area contributed by atoms with Gasteiger partial charge in [0.1, 0.15) is 17.7 Å². The van der Waals surface area contributed by atoms with Gasteiger partial charge in [0.25, 0.3) is 5.91 Å². The fraction of sp³-hybridized carbons (Fsp3) is 0.389. The van der Waals surface area contributed by atoms with Gasteiger partial charge in [-0.05, 0) is 44.7 Å². The minimum atomic E-state index is -0.328. The topological polar surface area (TPSA) is 67.9 Å². The molecule has 0 fully saturated rings. The van der Waals surface area contributed by atoms with E-state index in [1.807, 2.05) is 39.0 Å². The third kappa shape index (κ3) is 1.71. The molecule has 0 radical (unpaired) electrons. The average molecular weight is 291 g/mol. The first-order chi connectivity index (χ1) is 10.3. The third-order valence-corrected chi connectivity index (χ3v) is 4.61. The highest BCUT2D eigenvalue weighted by atomic mass is 16.2. The number of rotatable bonds is 0. The number of anilines is 1. The van der Waals surface area contributed by atoms with Crippen molar-refractivity contribution in [2.24, 2.45) is 0 Å². The van der Waals surface area contributed by atoms with Gasteiger partial charge in [0.15, 0.2) is 0 Å². The van der Waals surface area contributed by atoms with Gasteiger partial charge in [0.05, 0.1) is 11.3 Å². The molecule has 3 rings (SSSR count). The number of nitriles is 2. The monoisotopic (exact) mass is 291 g/mol. The highest BCUT2D eigenvalue weighted by Crippen LogP contribution is 2.52. The number of hydrogen-bond acceptors (Lipinski definition) is 3. The van der Waals surface area contributed by atoms with Crippen molar-refractivity contribution >= 4 is 17.2 Å². The number of carbonyl (C=O) groups is 1. The Morgan fingerprint density at radius 3 is 2.55 bits per heavy atom. The molecule has 0 bridgehead atoms. The molecule has 2 aliphatic rings. The Labute approximate surface area is 130 Å². The van der Waals surface area contributed by atoms with Gasteiger partial charge in [0, 0.05) is 11.1 Å². The highest BCUT2D eigenvalue weighted by molar-refractivity contribution is 6.35. The first-order valence-electron chi connectivity index (χ1n) is 7.35. The molecule has 22 heavy (non-hydrogen) atoms. The number of benzene rings is 1. The second-order valence-corrected chi connectivity index (χ2v) is 6.78. The molecule has 4 nitrogen and oxygen atoms in total. The molecule has 1 aromatic rings. The smallest absolute Gasteiger partial charge is 0.261 e. The molecule has 4 heteroatoms. The fourth-order valence-corrected chi connectivity index (χ4v) is 3.86. The molecule has 0 saturated heterocycles. The number of allylic oxidation sites excluding steroid dienone is 1. The lowest BCUT2D eigenvalue weighted by Gasteiger charge is -2.43. The molecule has 0 aliphatic carbocycles. The zero-order valence-electron chi connectivity index (χ0n) is 13.2. The van der Waals surface area contributed by atoms with Gasteiger partial charge >= 0.3 is 0 Å². The van der Waals surface area contributed by atoms with Gasteiger partial charge in [-0.2, -0.15) is 10.5 Å². The number of hydrogen-bond donors (Lipinski definition) is 0. The molecule has 2 aliphatic heterocycles. The molecule has 2 heterocycles. The lowest BCUT2D eigenvalue weighted by Crippen LogP contribution is -2.49. The van der Waals surface area contributed by atoms with Crippen LogP contribution in [0.1, 0.15) is 49.8 Å². The summed E-state index contributed by atoms with van der Waals surface area (Å²) in [4.78, 5) is 14.7. The number of nitrogens with zero attached hydrogens (tertiary/aromatic N) is 3. The normalized spacial score (nSPS) is 21.2. The summed E-state index contributed by atoms with van der Waals surface area (Å²) in [6, 6.07) is 7.78. The van der Waals surface area contributed by atoms with Crippen molar-refractivity contribution in [3.05, 3.63) is 34.4 Å². The van der Waals surface area contributed by atoms with E-state index in [0.29, 0.717) is 5.92 Å². The first-order valence-corrected chi connectivity index (χ1v) is 7.35. The van der Waals surface area contributed by atoms with Crippen molar-refractivity contribution in [2.45, 2.75) is 45.6 Å². The average Bonchev–Trinajstić information content (AvgIpc) is 2.72. The van der Waals surface area contributed by atoms with Crippen LogP contribution in [0.5, 0.6) is 0 Å². The van der Waals surface area contributed by atoms with Crippen LogP contribution in [-0.4, -0.2) is 11.4 Å². The van der Waals surface area contributed by atoms with Crippen LogP contribution in [0.4, 0.5) is 5.69 Å². The SMILES string of the molecule is Cc1cc2c3c(c1)[C@@H](C)CC(C)(C)N3C(=O)C2=C(C#N)C#N. The Morgan fingerprint density at radius 2 is 1.95 bits per heavy atom. The van der Waals surface area contributed by atoms with Crippen LogP contribution in [0.15, 0.2) is 17.7 Å². The van der Waals surface area contributed by atoms with Crippen molar-refractivity contribution < 1.29 is 4.79 Å². The molecular formula is C18H17N3O. The van der Waals surface area contributed by atoms with Crippen LogP contribution in [0.25, 0.3) is 5.57 Å². The van der Waals surface area contributed by atoms with Gasteiger partial charge in [-0.25, -0.2) is 0 Å². The van der Waals surface area contributed by atoms with Crippen molar-refractivity contribution in [3.63, 3.8) is 0 Å². The Morgan fingerprint density at radius 1 is 1.32 bits per heavy atom. The van der Waals surface area contributed by atoms with Crippen LogP contribution in [0.3, 0.4) is 0 Å². The second kappa shape index (κ2) is 4.45. The molecule has 0 aromatic heterocycles. The van der Waals surface area contributed by atoms with Crippen molar-refractivity contribution in [3.8, 4) is 12.1 Å². The number of carbonyl (C=O) groups excluding carboxylic acids is 1. The predicted molar refractivity (Wildman–Crippen MR) is 83.9 cm³/mol. The van der Waals surface area contributed by atoms with Crippen LogP contribution in [-0.2, 0) is 4.79 Å². The summed E-state index contributed by atoms with van der Waals surface area (Å²) in [7, 11) is 0. The largest absolute Gasteiger partial charge is 0.302 e. The molecule has 110 valence electrons. The van der Waals surface area contributed by atoms with E-state index in [9.17, 15) is 15.3 Å². The Balaban J connectivity index is 2.44. The van der Waals surface area contributed by atoms with Gasteiger partial charge < -0.3 is 4.90 Å². The third-order valence-electron chi connectivity index (χ3n) is 4.61. The molecule has 0 unspecified atom stereocenters. The Bertz CT molecular complexity index is 802. The summed E-state index contributed by atoms with van der Waals surface area (Å²) >= 11 is 0. The highest BCUT2D eigenvalue weighted by Gasteiger charge is 2.48. The van der Waals surface area contributed by atoms with E-state index < -0.39 is 0 Å². The van der Waals surface area contributed by atoms with Crippen LogP contribution in [0, 0.1) is 29.6 Å². The van der Waals surface area contributed by atoms with Crippen LogP contribution in [0.2, 0.25) is 0 Å². The maximum absolute atomic E-state index is 12.9. The van der Waals surface area contributed by atoms with Crippen LogP contribution >= 0.6 is 0 Å². The quantitative estimate of drug-likeness (QED) is 0.543. The molecule has 0 saturated carbocycles. The summed E-state index contributed by atoms with van der Waals surface area (Å²) in [5.41, 5.74) is 3.62. The first kappa shape index (κ1) is 14.4. The predicted octanol–water partition coefficient (Wildman–Crippen LogP) is 3.43. The molecule has 1 atom stereocenters. The second-order valence-electron chi connectivity index (χ2n) is 6.78. The zero-order valence-corrected chi connectivity index (χ0v) is 13.2. The van der Waals surface area contributed by atoms with Crippen molar-refractivity contribution in [2.75, 3.05) is 4.90 Å². The van der Waals surface area contributed by atoms with E-state index in [4.69, 9.17) is 0 Å². The minimum absolute atomic E-state index is 0.101. The summed E-state index contributed by atoms with van der Waals surface area (Å²) in [5.74, 6) is 0.108. The van der Waals surface area contributed by atoms with Crippen LogP contribution < -0.4 is 4.90 Å². The summed E-state index contributed by atoms with van der Waals surface area (Å²) in [6.45, 7) is 8.22. The van der Waals surface area contributed by atoms with E-state index in [1.165, 1.54) is 0 Å². The van der Waals surface area contributed by atoms with Crippen molar-refractivity contribution in [1.82, 2.24) is 0 Å². The van der Waals surface area contributed by atoms with Gasteiger partial charge in [-0.3, -0.25) is 4.79 Å². The summed E-state index contributed by atoms with van der Waals surface area (Å²) < 4.78 is 0. The van der Waals surface area contributed by atoms with Gasteiger partial charge in [-0.15, -0.1) is 0 Å². The van der Waals surface area contributed by atoms with E-state index in [-0.39, 0.29) is 22.6 Å². The van der Waals surface area contributed by atoms with Crippen molar-refractivity contribution in [1.29, 1.82) is 10.5 Å². The standard InChI is InChI=1S/C18H17N3O/c1-10-5-13-11(2)7-18(3,4)21-16(13)14(6-10)15(17(21)22)12(8-19)9-20/h5-6,11H,7H2,1-4H3/t11-/m0/s1. The van der Waals surface area contributed by atoms with E-state index in [2.05, 4.69) is 13.0 Å². The van der Waals surface area contributed by atoms with E-state index >= 15 is 0 Å². The van der Waals surface area contributed by atoms with Gasteiger partial charge in [-0.1, -0.05) is 18.6 Å². The van der Waals surface area contributed by atoms with E-state index in [1.54, 1.807) is 4.90 Å². The minimum Gasteiger partial charge on any atom is -0.302 e. The lowest BCUT2D eigenvalue weighted by atomic mass is 9.80. The van der Waals surface area contributed by atoms with Gasteiger partial charge in [0.2, 0.25) is 0 Å². The summed E-state index contributed by atoms with van der Waals surface area (Å²) in [6.07, 6.45) is 0.857. The number of amides is 1. The molecular weight excluding hydrogens is 274 g/mol. The fourth-order valence-electron chi connectivity index (χ4n) is 3.86. The van der Waals surface area contributed by atoms with E-state index in [0.717, 1.165) is 28.8 Å². The molecule has 0 N–H and O–H groups in total. The molecule has 0 spiro atoms.